The number of piperazine rings is 1. The molecule has 1 unspecified atom stereocenters. The van der Waals surface area contributed by atoms with Gasteiger partial charge in [-0.25, -0.2) is 0 Å². The van der Waals surface area contributed by atoms with Gasteiger partial charge in [0.25, 0.3) is 0 Å². The lowest BCUT2D eigenvalue weighted by atomic mass is 9.79. The van der Waals surface area contributed by atoms with Crippen molar-refractivity contribution in [3.63, 3.8) is 0 Å². The van der Waals surface area contributed by atoms with E-state index in [1.807, 2.05) is 0 Å². The highest BCUT2D eigenvalue weighted by Crippen LogP contribution is 2.37. The summed E-state index contributed by atoms with van der Waals surface area (Å²) in [6.45, 7) is 10.9. The van der Waals surface area contributed by atoms with Gasteiger partial charge in [0.2, 0.25) is 0 Å². The SMILES string of the molecule is CC1(C)CC(CN)(N2CCN(C3CCCC3)CC2)CCO1. The van der Waals surface area contributed by atoms with Crippen LogP contribution in [-0.2, 0) is 4.74 Å². The predicted octanol–water partition coefficient (Wildman–Crippen LogP) is 1.83. The molecule has 0 aromatic rings. The van der Waals surface area contributed by atoms with Gasteiger partial charge in [-0.1, -0.05) is 12.8 Å². The van der Waals surface area contributed by atoms with Crippen molar-refractivity contribution in [3.8, 4) is 0 Å². The van der Waals surface area contributed by atoms with Crippen molar-refractivity contribution in [2.75, 3.05) is 39.3 Å². The van der Waals surface area contributed by atoms with E-state index in [4.69, 9.17) is 10.5 Å². The van der Waals surface area contributed by atoms with E-state index in [1.165, 1.54) is 51.9 Å². The van der Waals surface area contributed by atoms with Gasteiger partial charge in [0.15, 0.2) is 0 Å². The van der Waals surface area contributed by atoms with E-state index in [9.17, 15) is 0 Å². The smallest absolute Gasteiger partial charge is 0.0644 e. The molecule has 3 rings (SSSR count). The first kappa shape index (κ1) is 15.7. The van der Waals surface area contributed by atoms with Crippen LogP contribution < -0.4 is 5.73 Å². The highest BCUT2D eigenvalue weighted by Gasteiger charge is 2.45. The quantitative estimate of drug-likeness (QED) is 0.862. The van der Waals surface area contributed by atoms with E-state index in [2.05, 4.69) is 23.6 Å². The van der Waals surface area contributed by atoms with E-state index in [0.29, 0.717) is 0 Å². The Bertz CT molecular complexity index is 346. The minimum atomic E-state index is -0.0276. The lowest BCUT2D eigenvalue weighted by Crippen LogP contribution is -2.65. The van der Waals surface area contributed by atoms with Gasteiger partial charge in [-0.05, 0) is 39.5 Å². The number of nitrogens with two attached hydrogens (primary N) is 1. The molecule has 21 heavy (non-hydrogen) atoms. The molecule has 0 radical (unpaired) electrons. The molecule has 3 fully saturated rings. The highest BCUT2D eigenvalue weighted by molar-refractivity contribution is 5.01. The molecule has 2 aliphatic heterocycles. The van der Waals surface area contributed by atoms with Gasteiger partial charge in [0, 0.05) is 50.9 Å². The largest absolute Gasteiger partial charge is 0.375 e. The zero-order valence-corrected chi connectivity index (χ0v) is 13.9. The Labute approximate surface area is 130 Å². The van der Waals surface area contributed by atoms with Crippen LogP contribution in [0.15, 0.2) is 0 Å². The summed E-state index contributed by atoms with van der Waals surface area (Å²) in [7, 11) is 0. The number of ether oxygens (including phenoxy) is 1. The monoisotopic (exact) mass is 295 g/mol. The first-order chi connectivity index (χ1) is 10.0. The molecule has 1 aliphatic carbocycles. The van der Waals surface area contributed by atoms with E-state index in [-0.39, 0.29) is 11.1 Å². The van der Waals surface area contributed by atoms with Crippen molar-refractivity contribution in [3.05, 3.63) is 0 Å². The van der Waals surface area contributed by atoms with Crippen LogP contribution in [-0.4, -0.2) is 66.3 Å². The molecule has 1 saturated carbocycles. The Morgan fingerprint density at radius 2 is 1.76 bits per heavy atom. The summed E-state index contributed by atoms with van der Waals surface area (Å²) in [6, 6.07) is 0.868. The van der Waals surface area contributed by atoms with Crippen LogP contribution in [0.3, 0.4) is 0 Å². The van der Waals surface area contributed by atoms with Crippen LogP contribution >= 0.6 is 0 Å². The van der Waals surface area contributed by atoms with Crippen molar-refractivity contribution >= 4 is 0 Å². The average molecular weight is 295 g/mol. The average Bonchev–Trinajstić information content (AvgIpc) is 3.00. The van der Waals surface area contributed by atoms with Crippen LogP contribution in [0.5, 0.6) is 0 Å². The van der Waals surface area contributed by atoms with E-state index < -0.39 is 0 Å². The van der Waals surface area contributed by atoms with Crippen molar-refractivity contribution in [1.82, 2.24) is 9.80 Å². The topological polar surface area (TPSA) is 41.7 Å². The van der Waals surface area contributed by atoms with Crippen LogP contribution in [0.2, 0.25) is 0 Å². The molecule has 4 nitrogen and oxygen atoms in total. The molecular formula is C17H33N3O. The van der Waals surface area contributed by atoms with Gasteiger partial charge in [-0.3, -0.25) is 9.80 Å². The summed E-state index contributed by atoms with van der Waals surface area (Å²) in [6.07, 6.45) is 7.87. The second kappa shape index (κ2) is 6.15. The summed E-state index contributed by atoms with van der Waals surface area (Å²) in [5.41, 5.74) is 6.38. The summed E-state index contributed by atoms with van der Waals surface area (Å²) in [5.74, 6) is 0. The molecule has 122 valence electrons. The standard InChI is InChI=1S/C17H33N3O/c1-16(2)13-17(14-18,7-12-21-16)20-10-8-19(9-11-20)15-5-3-4-6-15/h15H,3-14,18H2,1-2H3. The second-order valence-corrected chi connectivity index (χ2v) is 7.92. The summed E-state index contributed by atoms with van der Waals surface area (Å²) >= 11 is 0. The summed E-state index contributed by atoms with van der Waals surface area (Å²) < 4.78 is 5.92. The Kier molecular flexibility index (Phi) is 4.60. The summed E-state index contributed by atoms with van der Waals surface area (Å²) in [5, 5.41) is 0. The molecule has 0 aromatic carbocycles. The Morgan fingerprint density at radius 3 is 2.33 bits per heavy atom. The van der Waals surface area contributed by atoms with E-state index in [0.717, 1.165) is 32.0 Å². The molecule has 0 amide bonds. The van der Waals surface area contributed by atoms with Gasteiger partial charge in [0.05, 0.1) is 5.60 Å². The third-order valence-corrected chi connectivity index (χ3v) is 6.02. The minimum absolute atomic E-state index is 0.0276. The number of hydrogen-bond donors (Lipinski definition) is 1. The van der Waals surface area contributed by atoms with Crippen LogP contribution in [0.25, 0.3) is 0 Å². The van der Waals surface area contributed by atoms with Gasteiger partial charge in [-0.15, -0.1) is 0 Å². The molecule has 2 saturated heterocycles. The molecule has 0 aromatic heterocycles. The van der Waals surface area contributed by atoms with Crippen LogP contribution in [0.1, 0.15) is 52.4 Å². The fourth-order valence-electron chi connectivity index (χ4n) is 4.85. The highest BCUT2D eigenvalue weighted by atomic mass is 16.5. The molecule has 1 atom stereocenters. The van der Waals surface area contributed by atoms with Gasteiger partial charge in [0.1, 0.15) is 0 Å². The fourth-order valence-corrected chi connectivity index (χ4v) is 4.85. The van der Waals surface area contributed by atoms with Crippen molar-refractivity contribution < 1.29 is 4.74 Å². The maximum atomic E-state index is 6.24. The van der Waals surface area contributed by atoms with Gasteiger partial charge < -0.3 is 10.5 Å². The zero-order valence-electron chi connectivity index (χ0n) is 13.9. The fraction of sp³-hybridized carbons (Fsp3) is 1.00. The second-order valence-electron chi connectivity index (χ2n) is 7.92. The number of hydrogen-bond acceptors (Lipinski definition) is 4. The van der Waals surface area contributed by atoms with E-state index in [1.54, 1.807) is 0 Å². The maximum absolute atomic E-state index is 6.24. The van der Waals surface area contributed by atoms with Gasteiger partial charge in [-0.2, -0.15) is 0 Å². The maximum Gasteiger partial charge on any atom is 0.0644 e. The first-order valence-electron chi connectivity index (χ1n) is 8.88. The van der Waals surface area contributed by atoms with Crippen molar-refractivity contribution in [2.45, 2.75) is 69.6 Å². The minimum Gasteiger partial charge on any atom is -0.375 e. The molecule has 4 heteroatoms. The number of rotatable bonds is 3. The normalized spacial score (nSPS) is 36.1. The van der Waals surface area contributed by atoms with Crippen LogP contribution in [0, 0.1) is 0 Å². The molecule has 0 spiro atoms. The van der Waals surface area contributed by atoms with E-state index >= 15 is 0 Å². The molecular weight excluding hydrogens is 262 g/mol. The summed E-state index contributed by atoms with van der Waals surface area (Å²) in [4.78, 5) is 5.42. The Balaban J connectivity index is 1.61. The van der Waals surface area contributed by atoms with Crippen LogP contribution in [0.4, 0.5) is 0 Å². The Hall–Kier alpha value is -0.160. The Morgan fingerprint density at radius 1 is 1.10 bits per heavy atom. The lowest BCUT2D eigenvalue weighted by Gasteiger charge is -2.53. The number of nitrogens with zero attached hydrogens (tertiary/aromatic N) is 2. The third kappa shape index (κ3) is 3.29. The predicted molar refractivity (Wildman–Crippen MR) is 86.5 cm³/mol. The van der Waals surface area contributed by atoms with Crippen molar-refractivity contribution in [2.24, 2.45) is 5.73 Å². The zero-order chi connectivity index (χ0) is 14.9. The first-order valence-corrected chi connectivity index (χ1v) is 8.88. The van der Waals surface area contributed by atoms with Crippen molar-refractivity contribution in [1.29, 1.82) is 0 Å². The molecule has 0 bridgehead atoms. The molecule has 3 aliphatic rings. The molecule has 2 heterocycles. The lowest BCUT2D eigenvalue weighted by molar-refractivity contribution is -0.125. The third-order valence-electron chi connectivity index (χ3n) is 6.02. The molecule has 2 N–H and O–H groups in total. The van der Waals surface area contributed by atoms with Gasteiger partial charge >= 0.3 is 0 Å².